The summed E-state index contributed by atoms with van der Waals surface area (Å²) in [5.74, 6) is 0.859. The third-order valence-corrected chi connectivity index (χ3v) is 5.59. The molecular weight excluding hydrogens is 380 g/mol. The molecule has 29 heavy (non-hydrogen) atoms. The van der Waals surface area contributed by atoms with E-state index >= 15 is 0 Å². The van der Waals surface area contributed by atoms with Gasteiger partial charge in [0, 0.05) is 11.5 Å². The van der Waals surface area contributed by atoms with E-state index in [0.29, 0.717) is 5.82 Å². The van der Waals surface area contributed by atoms with Crippen LogP contribution >= 0.6 is 11.8 Å². The molecule has 1 N–H and O–H groups in total. The van der Waals surface area contributed by atoms with Gasteiger partial charge in [-0.15, -0.1) is 0 Å². The number of para-hydroxylation sites is 2. The molecule has 0 aliphatic carbocycles. The first kappa shape index (κ1) is 19.2. The molecular formula is C23H22N4OS. The van der Waals surface area contributed by atoms with Crippen LogP contribution in [-0.2, 0) is 4.79 Å². The van der Waals surface area contributed by atoms with Crippen molar-refractivity contribution in [2.45, 2.75) is 25.8 Å². The zero-order valence-corrected chi connectivity index (χ0v) is 17.5. The lowest BCUT2D eigenvalue weighted by Crippen LogP contribution is -2.17. The lowest BCUT2D eigenvalue weighted by molar-refractivity contribution is -0.113. The highest BCUT2D eigenvalue weighted by Gasteiger charge is 2.12. The highest BCUT2D eigenvalue weighted by atomic mass is 32.2. The molecule has 0 saturated carbocycles. The Kier molecular flexibility index (Phi) is 5.36. The van der Waals surface area contributed by atoms with E-state index in [9.17, 15) is 4.79 Å². The van der Waals surface area contributed by atoms with Gasteiger partial charge in [0.25, 0.3) is 0 Å². The van der Waals surface area contributed by atoms with Crippen LogP contribution in [0.5, 0.6) is 0 Å². The number of fused-ring (bicyclic) bond motifs is 1. The van der Waals surface area contributed by atoms with E-state index in [0.717, 1.165) is 32.9 Å². The van der Waals surface area contributed by atoms with E-state index in [2.05, 4.69) is 36.4 Å². The molecule has 5 nitrogen and oxygen atoms in total. The molecule has 0 fully saturated rings. The number of nitrogens with one attached hydrogen (secondary N) is 1. The molecule has 2 aromatic carbocycles. The fourth-order valence-corrected chi connectivity index (χ4v) is 4.04. The number of anilines is 1. The second-order valence-corrected chi connectivity index (χ2v) is 8.00. The van der Waals surface area contributed by atoms with Crippen LogP contribution in [0.2, 0.25) is 0 Å². The quantitative estimate of drug-likeness (QED) is 0.473. The number of benzene rings is 2. The predicted octanol–water partition coefficient (Wildman–Crippen LogP) is 5.08. The minimum Gasteiger partial charge on any atom is -0.310 e. The van der Waals surface area contributed by atoms with Gasteiger partial charge in [0.15, 0.2) is 0 Å². The number of pyridine rings is 1. The number of aromatic nitrogens is 3. The van der Waals surface area contributed by atoms with Crippen LogP contribution < -0.4 is 5.32 Å². The normalized spacial score (nSPS) is 11.0. The van der Waals surface area contributed by atoms with E-state index in [1.165, 1.54) is 17.3 Å². The van der Waals surface area contributed by atoms with E-state index in [-0.39, 0.29) is 11.7 Å². The molecule has 0 aliphatic heterocycles. The zero-order valence-electron chi connectivity index (χ0n) is 16.6. The van der Waals surface area contributed by atoms with Crippen LogP contribution in [0.15, 0.2) is 65.7 Å². The SMILES string of the molecule is Cc1cc(NC(=O)CSc2cc(C)c3cccc(C)c3n2)n(-c2ccccc2)n1. The first-order valence-corrected chi connectivity index (χ1v) is 10.4. The van der Waals surface area contributed by atoms with Crippen molar-refractivity contribution in [1.29, 1.82) is 0 Å². The van der Waals surface area contributed by atoms with Crippen LogP contribution in [0.25, 0.3) is 16.6 Å². The topological polar surface area (TPSA) is 59.8 Å². The Labute approximate surface area is 174 Å². The van der Waals surface area contributed by atoms with Crippen molar-refractivity contribution < 1.29 is 4.79 Å². The fourth-order valence-electron chi connectivity index (χ4n) is 3.28. The first-order chi connectivity index (χ1) is 14.0. The molecule has 0 spiro atoms. The average Bonchev–Trinajstić information content (AvgIpc) is 3.08. The number of thioether (sulfide) groups is 1. The van der Waals surface area contributed by atoms with E-state index in [1.54, 1.807) is 4.68 Å². The molecule has 0 atom stereocenters. The summed E-state index contributed by atoms with van der Waals surface area (Å²) in [5, 5.41) is 9.47. The van der Waals surface area contributed by atoms with Crippen LogP contribution in [0.1, 0.15) is 16.8 Å². The van der Waals surface area contributed by atoms with E-state index < -0.39 is 0 Å². The van der Waals surface area contributed by atoms with Gasteiger partial charge in [-0.2, -0.15) is 5.10 Å². The van der Waals surface area contributed by atoms with Gasteiger partial charge in [0.1, 0.15) is 5.82 Å². The number of hydrogen-bond donors (Lipinski definition) is 1. The zero-order chi connectivity index (χ0) is 20.4. The van der Waals surface area contributed by atoms with Gasteiger partial charge >= 0.3 is 0 Å². The van der Waals surface area contributed by atoms with Crippen molar-refractivity contribution in [3.8, 4) is 5.69 Å². The molecule has 6 heteroatoms. The number of carbonyl (C=O) groups excluding carboxylic acids is 1. The summed E-state index contributed by atoms with van der Waals surface area (Å²) in [4.78, 5) is 17.3. The molecule has 0 saturated heterocycles. The number of nitrogens with zero attached hydrogens (tertiary/aromatic N) is 3. The maximum Gasteiger partial charge on any atom is 0.235 e. The molecule has 0 radical (unpaired) electrons. The summed E-state index contributed by atoms with van der Waals surface area (Å²) in [6, 6.07) is 19.9. The smallest absolute Gasteiger partial charge is 0.235 e. The number of amides is 1. The van der Waals surface area contributed by atoms with Crippen molar-refractivity contribution in [1.82, 2.24) is 14.8 Å². The maximum absolute atomic E-state index is 12.6. The Morgan fingerprint density at radius 2 is 1.79 bits per heavy atom. The minimum absolute atomic E-state index is 0.0867. The predicted molar refractivity (Wildman–Crippen MR) is 119 cm³/mol. The molecule has 146 valence electrons. The highest BCUT2D eigenvalue weighted by Crippen LogP contribution is 2.26. The number of rotatable bonds is 5. The van der Waals surface area contributed by atoms with Crippen molar-refractivity contribution in [3.05, 3.63) is 77.5 Å². The van der Waals surface area contributed by atoms with Crippen molar-refractivity contribution in [2.24, 2.45) is 0 Å². The Hall–Kier alpha value is -3.12. The molecule has 0 unspecified atom stereocenters. The molecule has 4 rings (SSSR count). The summed E-state index contributed by atoms with van der Waals surface area (Å²) in [6.45, 7) is 6.05. The fraction of sp³-hybridized carbons (Fsp3) is 0.174. The summed E-state index contributed by atoms with van der Waals surface area (Å²) in [6.07, 6.45) is 0. The van der Waals surface area contributed by atoms with Gasteiger partial charge in [0.2, 0.25) is 5.91 Å². The molecule has 2 heterocycles. The van der Waals surface area contributed by atoms with Crippen molar-refractivity contribution in [2.75, 3.05) is 11.1 Å². The molecule has 4 aromatic rings. The number of aryl methyl sites for hydroxylation is 3. The summed E-state index contributed by atoms with van der Waals surface area (Å²) in [5.41, 5.74) is 5.05. The Morgan fingerprint density at radius 1 is 1.00 bits per heavy atom. The number of hydrogen-bond acceptors (Lipinski definition) is 4. The van der Waals surface area contributed by atoms with Crippen molar-refractivity contribution in [3.63, 3.8) is 0 Å². The Morgan fingerprint density at radius 3 is 2.59 bits per heavy atom. The highest BCUT2D eigenvalue weighted by molar-refractivity contribution is 7.99. The number of carbonyl (C=O) groups is 1. The second kappa shape index (κ2) is 8.09. The standard InChI is InChI=1S/C23H22N4OS/c1-15-8-7-11-19-16(2)12-22(25-23(15)19)29-14-21(28)24-20-13-17(3)26-27(20)18-9-5-4-6-10-18/h4-13H,14H2,1-3H3,(H,24,28). The largest absolute Gasteiger partial charge is 0.310 e. The lowest BCUT2D eigenvalue weighted by atomic mass is 10.1. The van der Waals surface area contributed by atoms with E-state index in [1.807, 2.05) is 55.5 Å². The third-order valence-electron chi connectivity index (χ3n) is 4.68. The van der Waals surface area contributed by atoms with E-state index in [4.69, 9.17) is 4.98 Å². The molecule has 1 amide bonds. The van der Waals surface area contributed by atoms with Crippen molar-refractivity contribution >= 4 is 34.4 Å². The van der Waals surface area contributed by atoms with Crippen LogP contribution in [-0.4, -0.2) is 26.4 Å². The summed E-state index contributed by atoms with van der Waals surface area (Å²) in [7, 11) is 0. The second-order valence-electron chi connectivity index (χ2n) is 7.00. The van der Waals surface area contributed by atoms with Gasteiger partial charge < -0.3 is 5.32 Å². The average molecular weight is 403 g/mol. The minimum atomic E-state index is -0.0867. The molecule has 0 aliphatic rings. The molecule has 0 bridgehead atoms. The first-order valence-electron chi connectivity index (χ1n) is 9.43. The van der Waals surface area contributed by atoms with Gasteiger partial charge in [-0.3, -0.25) is 4.79 Å². The molecule has 2 aromatic heterocycles. The Balaban J connectivity index is 1.49. The van der Waals surface area contributed by atoms with Crippen LogP contribution in [0.3, 0.4) is 0 Å². The van der Waals surface area contributed by atoms with Crippen LogP contribution in [0, 0.1) is 20.8 Å². The monoisotopic (exact) mass is 402 g/mol. The summed E-state index contributed by atoms with van der Waals surface area (Å²) >= 11 is 1.44. The van der Waals surface area contributed by atoms with Gasteiger partial charge in [-0.1, -0.05) is 48.2 Å². The van der Waals surface area contributed by atoms with Gasteiger partial charge in [0.05, 0.1) is 27.7 Å². The third kappa shape index (κ3) is 4.17. The lowest BCUT2D eigenvalue weighted by Gasteiger charge is -2.10. The van der Waals surface area contributed by atoms with Crippen LogP contribution in [0.4, 0.5) is 5.82 Å². The van der Waals surface area contributed by atoms with Gasteiger partial charge in [-0.05, 0) is 50.1 Å². The Bertz CT molecular complexity index is 1180. The maximum atomic E-state index is 12.6. The van der Waals surface area contributed by atoms with Gasteiger partial charge in [-0.25, -0.2) is 9.67 Å². The summed E-state index contributed by atoms with van der Waals surface area (Å²) < 4.78 is 1.75.